The Morgan fingerprint density at radius 3 is 2.65 bits per heavy atom. The molecule has 0 amide bonds. The number of nitrogens with one attached hydrogen (secondary N) is 1. The second kappa shape index (κ2) is 6.31. The molecular weight excluding hydrogens is 282 g/mol. The van der Waals surface area contributed by atoms with Crippen molar-refractivity contribution in [1.82, 2.24) is 9.97 Å². The Balaban J connectivity index is 2.69. The molecule has 0 bridgehead atoms. The standard InChI is InChI=1S/C12H20BrN3O/c1-12(2,3)11-15-9(13)8-10(16-11)14-6-5-7-17-4/h8H,5-7H2,1-4H3,(H,14,15,16). The molecule has 0 aliphatic rings. The van der Waals surface area contributed by atoms with Gasteiger partial charge < -0.3 is 10.1 Å². The summed E-state index contributed by atoms with van der Waals surface area (Å²) in [7, 11) is 1.71. The maximum atomic E-state index is 5.00. The lowest BCUT2D eigenvalue weighted by atomic mass is 9.96. The first-order chi connectivity index (χ1) is 7.93. The van der Waals surface area contributed by atoms with E-state index in [4.69, 9.17) is 4.74 Å². The van der Waals surface area contributed by atoms with Crippen LogP contribution in [0, 0.1) is 0 Å². The van der Waals surface area contributed by atoms with Crippen LogP contribution in [0.25, 0.3) is 0 Å². The first-order valence-corrected chi connectivity index (χ1v) is 6.50. The molecule has 96 valence electrons. The maximum Gasteiger partial charge on any atom is 0.137 e. The van der Waals surface area contributed by atoms with Gasteiger partial charge in [-0.15, -0.1) is 0 Å². The van der Waals surface area contributed by atoms with E-state index in [1.54, 1.807) is 7.11 Å². The van der Waals surface area contributed by atoms with Crippen molar-refractivity contribution in [3.8, 4) is 0 Å². The van der Waals surface area contributed by atoms with Gasteiger partial charge in [0.05, 0.1) is 0 Å². The van der Waals surface area contributed by atoms with Crippen LogP contribution in [0.1, 0.15) is 33.0 Å². The Kier molecular flexibility index (Phi) is 5.33. The summed E-state index contributed by atoms with van der Waals surface area (Å²) >= 11 is 3.41. The summed E-state index contributed by atoms with van der Waals surface area (Å²) < 4.78 is 5.81. The van der Waals surface area contributed by atoms with Gasteiger partial charge >= 0.3 is 0 Å². The number of halogens is 1. The molecule has 1 rings (SSSR count). The number of nitrogens with zero attached hydrogens (tertiary/aromatic N) is 2. The van der Waals surface area contributed by atoms with Crippen LogP contribution in [0.15, 0.2) is 10.7 Å². The first kappa shape index (κ1) is 14.4. The predicted molar refractivity (Wildman–Crippen MR) is 73.4 cm³/mol. The minimum atomic E-state index is -0.0489. The average molecular weight is 302 g/mol. The van der Waals surface area contributed by atoms with Crippen molar-refractivity contribution in [1.29, 1.82) is 0 Å². The van der Waals surface area contributed by atoms with Gasteiger partial charge in [0.15, 0.2) is 0 Å². The van der Waals surface area contributed by atoms with Crippen molar-refractivity contribution in [2.24, 2.45) is 0 Å². The Bertz CT molecular complexity index is 363. The minimum Gasteiger partial charge on any atom is -0.385 e. The summed E-state index contributed by atoms with van der Waals surface area (Å²) in [5, 5.41) is 3.27. The molecule has 5 heteroatoms. The molecule has 0 radical (unpaired) electrons. The smallest absolute Gasteiger partial charge is 0.137 e. The zero-order chi connectivity index (χ0) is 12.9. The fraction of sp³-hybridized carbons (Fsp3) is 0.667. The summed E-state index contributed by atoms with van der Waals surface area (Å²) in [5.74, 6) is 1.69. The maximum absolute atomic E-state index is 5.00. The van der Waals surface area contributed by atoms with E-state index >= 15 is 0 Å². The fourth-order valence-electron chi connectivity index (χ4n) is 1.28. The number of hydrogen-bond acceptors (Lipinski definition) is 4. The molecule has 4 nitrogen and oxygen atoms in total. The molecule has 1 aromatic heterocycles. The molecule has 1 N–H and O–H groups in total. The molecule has 0 spiro atoms. The van der Waals surface area contributed by atoms with Crippen LogP contribution in [-0.2, 0) is 10.2 Å². The molecule has 0 aliphatic carbocycles. The highest BCUT2D eigenvalue weighted by Crippen LogP contribution is 2.22. The third-order valence-corrected chi connectivity index (χ3v) is 2.60. The van der Waals surface area contributed by atoms with E-state index in [1.165, 1.54) is 0 Å². The van der Waals surface area contributed by atoms with E-state index in [1.807, 2.05) is 6.07 Å². The summed E-state index contributed by atoms with van der Waals surface area (Å²) in [5.41, 5.74) is -0.0489. The molecule has 0 aromatic carbocycles. The predicted octanol–water partition coefficient (Wildman–Crippen LogP) is 2.99. The average Bonchev–Trinajstić information content (AvgIpc) is 2.22. The Labute approximate surface area is 111 Å². The van der Waals surface area contributed by atoms with Gasteiger partial charge in [0.2, 0.25) is 0 Å². The number of rotatable bonds is 5. The van der Waals surface area contributed by atoms with Crippen molar-refractivity contribution in [2.75, 3.05) is 25.6 Å². The second-order valence-corrected chi connectivity index (χ2v) is 5.74. The highest BCUT2D eigenvalue weighted by Gasteiger charge is 2.18. The Hall–Kier alpha value is -0.680. The van der Waals surface area contributed by atoms with E-state index < -0.39 is 0 Å². The van der Waals surface area contributed by atoms with Crippen molar-refractivity contribution in [3.05, 3.63) is 16.5 Å². The van der Waals surface area contributed by atoms with Crippen LogP contribution in [0.2, 0.25) is 0 Å². The summed E-state index contributed by atoms with van der Waals surface area (Å²) in [6, 6.07) is 1.89. The number of anilines is 1. The summed E-state index contributed by atoms with van der Waals surface area (Å²) in [4.78, 5) is 8.90. The third-order valence-electron chi connectivity index (χ3n) is 2.20. The normalized spacial score (nSPS) is 11.6. The largest absolute Gasteiger partial charge is 0.385 e. The SMILES string of the molecule is COCCCNc1cc(Br)nc(C(C)(C)C)n1. The van der Waals surface area contributed by atoms with Crippen LogP contribution in [0.5, 0.6) is 0 Å². The molecule has 0 saturated heterocycles. The number of methoxy groups -OCH3 is 1. The monoisotopic (exact) mass is 301 g/mol. The zero-order valence-electron chi connectivity index (χ0n) is 10.9. The van der Waals surface area contributed by atoms with Gasteiger partial charge in [-0.3, -0.25) is 0 Å². The van der Waals surface area contributed by atoms with Crippen LogP contribution in [-0.4, -0.2) is 30.2 Å². The molecule has 1 heterocycles. The van der Waals surface area contributed by atoms with Gasteiger partial charge in [-0.1, -0.05) is 20.8 Å². The van der Waals surface area contributed by atoms with Crippen LogP contribution in [0.4, 0.5) is 5.82 Å². The van der Waals surface area contributed by atoms with Crippen LogP contribution < -0.4 is 5.32 Å². The summed E-state index contributed by atoms with van der Waals surface area (Å²) in [6.07, 6.45) is 0.961. The van der Waals surface area contributed by atoms with E-state index in [9.17, 15) is 0 Å². The highest BCUT2D eigenvalue weighted by molar-refractivity contribution is 9.10. The molecule has 0 saturated carbocycles. The highest BCUT2D eigenvalue weighted by atomic mass is 79.9. The third kappa shape index (κ3) is 5.00. The van der Waals surface area contributed by atoms with Crippen molar-refractivity contribution in [2.45, 2.75) is 32.6 Å². The molecule has 17 heavy (non-hydrogen) atoms. The van der Waals surface area contributed by atoms with Crippen LogP contribution >= 0.6 is 15.9 Å². The van der Waals surface area contributed by atoms with Gasteiger partial charge in [-0.25, -0.2) is 9.97 Å². The van der Waals surface area contributed by atoms with Crippen molar-refractivity contribution in [3.63, 3.8) is 0 Å². The second-order valence-electron chi connectivity index (χ2n) is 4.92. The lowest BCUT2D eigenvalue weighted by Gasteiger charge is -2.17. The van der Waals surface area contributed by atoms with Gasteiger partial charge in [-0.2, -0.15) is 0 Å². The quantitative estimate of drug-likeness (QED) is 0.671. The van der Waals surface area contributed by atoms with Gasteiger partial charge in [0.25, 0.3) is 0 Å². The van der Waals surface area contributed by atoms with Gasteiger partial charge in [0, 0.05) is 31.7 Å². The lowest BCUT2D eigenvalue weighted by Crippen LogP contribution is -2.17. The summed E-state index contributed by atoms with van der Waals surface area (Å²) in [6.45, 7) is 7.91. The zero-order valence-corrected chi connectivity index (χ0v) is 12.5. The fourth-order valence-corrected chi connectivity index (χ4v) is 1.66. The minimum absolute atomic E-state index is 0.0489. The molecule has 0 atom stereocenters. The van der Waals surface area contributed by atoms with E-state index in [2.05, 4.69) is 52.0 Å². The van der Waals surface area contributed by atoms with Crippen molar-refractivity contribution >= 4 is 21.7 Å². The van der Waals surface area contributed by atoms with E-state index in [-0.39, 0.29) is 5.41 Å². The Morgan fingerprint density at radius 1 is 1.35 bits per heavy atom. The van der Waals surface area contributed by atoms with E-state index in [0.29, 0.717) is 0 Å². The molecule has 0 fully saturated rings. The lowest BCUT2D eigenvalue weighted by molar-refractivity contribution is 0.197. The Morgan fingerprint density at radius 2 is 2.06 bits per heavy atom. The first-order valence-electron chi connectivity index (χ1n) is 5.71. The van der Waals surface area contributed by atoms with E-state index in [0.717, 1.165) is 35.8 Å². The molecule has 0 unspecified atom stereocenters. The molecule has 0 aliphatic heterocycles. The number of hydrogen-bond donors (Lipinski definition) is 1. The topological polar surface area (TPSA) is 47.0 Å². The number of aromatic nitrogens is 2. The molecule has 1 aromatic rings. The van der Waals surface area contributed by atoms with Gasteiger partial charge in [0.1, 0.15) is 16.2 Å². The van der Waals surface area contributed by atoms with Gasteiger partial charge in [-0.05, 0) is 22.4 Å². The van der Waals surface area contributed by atoms with Crippen LogP contribution in [0.3, 0.4) is 0 Å². The van der Waals surface area contributed by atoms with Crippen molar-refractivity contribution < 1.29 is 4.74 Å². The number of ether oxygens (including phenoxy) is 1. The molecular formula is C12H20BrN3O.